The zero-order valence-electron chi connectivity index (χ0n) is 10.3. The first-order valence-electron chi connectivity index (χ1n) is 5.36. The van der Waals surface area contributed by atoms with E-state index in [9.17, 15) is 4.79 Å². The summed E-state index contributed by atoms with van der Waals surface area (Å²) < 4.78 is 1.71. The van der Waals surface area contributed by atoms with Gasteiger partial charge in [0, 0.05) is 31.9 Å². The van der Waals surface area contributed by atoms with Gasteiger partial charge in [-0.2, -0.15) is 5.10 Å². The van der Waals surface area contributed by atoms with Crippen molar-refractivity contribution >= 4 is 11.8 Å². The minimum atomic E-state index is -0.206. The molecule has 0 saturated carbocycles. The molecule has 1 rings (SSSR count). The van der Waals surface area contributed by atoms with E-state index in [0.717, 1.165) is 5.69 Å². The van der Waals surface area contributed by atoms with E-state index in [-0.39, 0.29) is 6.03 Å². The Hall–Kier alpha value is -2.04. The smallest absolute Gasteiger partial charge is 0.317 e. The molecule has 2 amide bonds. The van der Waals surface area contributed by atoms with Gasteiger partial charge in [0.15, 0.2) is 5.82 Å². The van der Waals surface area contributed by atoms with E-state index in [1.54, 1.807) is 21.7 Å². The first kappa shape index (κ1) is 13.0. The molecule has 0 saturated heterocycles. The van der Waals surface area contributed by atoms with Gasteiger partial charge in [-0.1, -0.05) is 12.2 Å². The molecule has 0 aliphatic heterocycles. The second-order valence-electron chi connectivity index (χ2n) is 3.71. The number of hydrogen-bond acceptors (Lipinski definition) is 2. The summed E-state index contributed by atoms with van der Waals surface area (Å²) >= 11 is 0. The number of aromatic nitrogens is 2. The molecule has 0 aromatic carbocycles. The fourth-order valence-corrected chi connectivity index (χ4v) is 1.36. The van der Waals surface area contributed by atoms with E-state index in [0.29, 0.717) is 18.9 Å². The van der Waals surface area contributed by atoms with Gasteiger partial charge >= 0.3 is 6.03 Å². The predicted octanol–water partition coefficient (Wildman–Crippen LogP) is 1.93. The van der Waals surface area contributed by atoms with Crippen molar-refractivity contribution in [2.24, 2.45) is 7.05 Å². The highest BCUT2D eigenvalue weighted by molar-refractivity contribution is 5.88. The fourth-order valence-electron chi connectivity index (χ4n) is 1.36. The summed E-state index contributed by atoms with van der Waals surface area (Å²) in [7, 11) is 1.83. The van der Waals surface area contributed by atoms with Crippen molar-refractivity contribution in [2.75, 3.05) is 18.4 Å². The number of hydrogen-bond donors (Lipinski definition) is 1. The first-order valence-corrected chi connectivity index (χ1v) is 5.36. The molecule has 1 heterocycles. The molecular formula is C12H18N4O. The Labute approximate surface area is 101 Å². The van der Waals surface area contributed by atoms with Crippen molar-refractivity contribution in [1.82, 2.24) is 14.7 Å². The van der Waals surface area contributed by atoms with Crippen LogP contribution in [0.15, 0.2) is 31.4 Å². The molecule has 0 unspecified atom stereocenters. The van der Waals surface area contributed by atoms with Gasteiger partial charge in [0.2, 0.25) is 0 Å². The van der Waals surface area contributed by atoms with Gasteiger partial charge in [-0.3, -0.25) is 10.00 Å². The highest BCUT2D eigenvalue weighted by Gasteiger charge is 2.12. The molecular weight excluding hydrogens is 216 g/mol. The molecule has 1 aromatic rings. The molecule has 0 spiro atoms. The SMILES string of the molecule is C=CCN(CC=C)C(=O)Nc1cc(C)n(C)n1. The summed E-state index contributed by atoms with van der Waals surface area (Å²) in [6.45, 7) is 10.1. The molecule has 1 N–H and O–H groups in total. The monoisotopic (exact) mass is 234 g/mol. The van der Waals surface area contributed by atoms with E-state index in [1.165, 1.54) is 0 Å². The number of carbonyl (C=O) groups is 1. The van der Waals surface area contributed by atoms with Crippen molar-refractivity contribution in [3.8, 4) is 0 Å². The maximum absolute atomic E-state index is 11.9. The van der Waals surface area contributed by atoms with Crippen LogP contribution >= 0.6 is 0 Å². The van der Waals surface area contributed by atoms with E-state index in [1.807, 2.05) is 20.0 Å². The van der Waals surface area contributed by atoms with Crippen LogP contribution in [0.1, 0.15) is 5.69 Å². The average molecular weight is 234 g/mol. The minimum Gasteiger partial charge on any atom is -0.317 e. The van der Waals surface area contributed by atoms with Crippen LogP contribution in [0.4, 0.5) is 10.6 Å². The van der Waals surface area contributed by atoms with Crippen LogP contribution in [0.2, 0.25) is 0 Å². The molecule has 0 fully saturated rings. The summed E-state index contributed by atoms with van der Waals surface area (Å²) in [4.78, 5) is 13.5. The van der Waals surface area contributed by atoms with Crippen molar-refractivity contribution < 1.29 is 4.79 Å². The molecule has 0 aliphatic carbocycles. The number of nitrogens with one attached hydrogen (secondary N) is 1. The highest BCUT2D eigenvalue weighted by Crippen LogP contribution is 2.07. The molecule has 0 bridgehead atoms. The van der Waals surface area contributed by atoms with Crippen molar-refractivity contribution in [3.63, 3.8) is 0 Å². The lowest BCUT2D eigenvalue weighted by molar-refractivity contribution is 0.222. The maximum atomic E-state index is 11.9. The number of rotatable bonds is 5. The lowest BCUT2D eigenvalue weighted by Crippen LogP contribution is -2.35. The Balaban J connectivity index is 2.68. The summed E-state index contributed by atoms with van der Waals surface area (Å²) in [5, 5.41) is 6.89. The lowest BCUT2D eigenvalue weighted by Gasteiger charge is -2.18. The number of amides is 2. The molecule has 0 atom stereocenters. The number of aryl methyl sites for hydroxylation is 2. The Morgan fingerprint density at radius 1 is 1.53 bits per heavy atom. The van der Waals surface area contributed by atoms with Crippen LogP contribution in [0.5, 0.6) is 0 Å². The van der Waals surface area contributed by atoms with Crippen LogP contribution in [0.25, 0.3) is 0 Å². The summed E-state index contributed by atoms with van der Waals surface area (Å²) in [5.41, 5.74) is 0.985. The minimum absolute atomic E-state index is 0.206. The van der Waals surface area contributed by atoms with Gasteiger partial charge < -0.3 is 4.90 Å². The van der Waals surface area contributed by atoms with E-state index >= 15 is 0 Å². The summed E-state index contributed by atoms with van der Waals surface area (Å²) in [5.74, 6) is 0.549. The number of carbonyl (C=O) groups excluding carboxylic acids is 1. The van der Waals surface area contributed by atoms with Gasteiger partial charge in [-0.25, -0.2) is 4.79 Å². The Kier molecular flexibility index (Phi) is 4.51. The molecule has 1 aromatic heterocycles. The molecule has 0 radical (unpaired) electrons. The van der Waals surface area contributed by atoms with E-state index in [4.69, 9.17) is 0 Å². The summed E-state index contributed by atoms with van der Waals surface area (Å²) in [6.07, 6.45) is 3.35. The molecule has 17 heavy (non-hydrogen) atoms. The summed E-state index contributed by atoms with van der Waals surface area (Å²) in [6, 6.07) is 1.61. The van der Waals surface area contributed by atoms with Crippen LogP contribution < -0.4 is 5.32 Å². The number of nitrogens with zero attached hydrogens (tertiary/aromatic N) is 3. The average Bonchev–Trinajstić information content (AvgIpc) is 2.57. The zero-order chi connectivity index (χ0) is 12.8. The molecule has 5 heteroatoms. The van der Waals surface area contributed by atoms with Gasteiger partial charge in [-0.05, 0) is 6.92 Å². The third-order valence-corrected chi connectivity index (χ3v) is 2.33. The second kappa shape index (κ2) is 5.89. The first-order chi connectivity index (χ1) is 8.08. The lowest BCUT2D eigenvalue weighted by atomic mass is 10.4. The quantitative estimate of drug-likeness (QED) is 0.791. The standard InChI is InChI=1S/C12H18N4O/c1-5-7-16(8-6-2)12(17)13-11-9-10(3)15(4)14-11/h5-6,9H,1-2,7-8H2,3-4H3,(H,13,14,17). The molecule has 0 aliphatic rings. The van der Waals surface area contributed by atoms with E-state index in [2.05, 4.69) is 23.6 Å². The molecule has 5 nitrogen and oxygen atoms in total. The van der Waals surface area contributed by atoms with Gasteiger partial charge in [0.25, 0.3) is 0 Å². The van der Waals surface area contributed by atoms with Crippen LogP contribution in [-0.4, -0.2) is 33.8 Å². The van der Waals surface area contributed by atoms with Gasteiger partial charge in [-0.15, -0.1) is 13.2 Å². The van der Waals surface area contributed by atoms with Crippen LogP contribution in [0, 0.1) is 6.92 Å². The largest absolute Gasteiger partial charge is 0.323 e. The maximum Gasteiger partial charge on any atom is 0.323 e. The van der Waals surface area contributed by atoms with Crippen molar-refractivity contribution in [2.45, 2.75) is 6.92 Å². The van der Waals surface area contributed by atoms with Crippen molar-refractivity contribution in [1.29, 1.82) is 0 Å². The Morgan fingerprint density at radius 2 is 2.12 bits per heavy atom. The van der Waals surface area contributed by atoms with Crippen LogP contribution in [0.3, 0.4) is 0 Å². The fraction of sp³-hybridized carbons (Fsp3) is 0.333. The number of anilines is 1. The van der Waals surface area contributed by atoms with E-state index < -0.39 is 0 Å². The Bertz CT molecular complexity index is 393. The van der Waals surface area contributed by atoms with Crippen LogP contribution in [-0.2, 0) is 7.05 Å². The Morgan fingerprint density at radius 3 is 2.53 bits per heavy atom. The zero-order valence-corrected chi connectivity index (χ0v) is 10.3. The van der Waals surface area contributed by atoms with Gasteiger partial charge in [0.1, 0.15) is 0 Å². The number of urea groups is 1. The second-order valence-corrected chi connectivity index (χ2v) is 3.71. The third-order valence-electron chi connectivity index (χ3n) is 2.33. The third kappa shape index (κ3) is 3.48. The van der Waals surface area contributed by atoms with Gasteiger partial charge in [0.05, 0.1) is 0 Å². The highest BCUT2D eigenvalue weighted by atomic mass is 16.2. The normalized spacial score (nSPS) is 9.76. The molecule has 92 valence electrons. The van der Waals surface area contributed by atoms with Crippen molar-refractivity contribution in [3.05, 3.63) is 37.1 Å². The predicted molar refractivity (Wildman–Crippen MR) is 68.9 cm³/mol. The topological polar surface area (TPSA) is 50.2 Å².